The summed E-state index contributed by atoms with van der Waals surface area (Å²) in [5.74, 6) is 0.950. The first-order valence-corrected chi connectivity index (χ1v) is 11.8. The highest BCUT2D eigenvalue weighted by molar-refractivity contribution is 7.26. The van der Waals surface area contributed by atoms with Crippen molar-refractivity contribution in [3.8, 4) is 11.3 Å². The molecule has 148 valence electrons. The van der Waals surface area contributed by atoms with Crippen molar-refractivity contribution in [2.24, 2.45) is 0 Å². The van der Waals surface area contributed by atoms with Crippen molar-refractivity contribution in [2.45, 2.75) is 33.1 Å². The molecule has 6 aromatic rings. The topological polar surface area (TPSA) is 26.0 Å². The molecule has 0 aliphatic heterocycles. The van der Waals surface area contributed by atoms with Crippen LogP contribution in [0, 0.1) is 6.92 Å². The van der Waals surface area contributed by atoms with Crippen LogP contribution >= 0.6 is 22.7 Å². The molecule has 0 spiro atoms. The number of nitrogens with zero attached hydrogens (tertiary/aromatic N) is 1. The average molecular weight is 428 g/mol. The van der Waals surface area contributed by atoms with Gasteiger partial charge in [0, 0.05) is 37.3 Å². The summed E-state index contributed by atoms with van der Waals surface area (Å²) in [7, 11) is 0. The van der Waals surface area contributed by atoms with E-state index in [-0.39, 0.29) is 5.41 Å². The SMILES string of the molecule is Cc1cc2ccc3c(sc4ccnc(-c5cc(C(C)(C)C)c6sccc6c5)c43)c2o1. The van der Waals surface area contributed by atoms with E-state index in [0.29, 0.717) is 0 Å². The van der Waals surface area contributed by atoms with E-state index < -0.39 is 0 Å². The lowest BCUT2D eigenvalue weighted by atomic mass is 9.85. The Morgan fingerprint density at radius 3 is 2.63 bits per heavy atom. The van der Waals surface area contributed by atoms with Crippen LogP contribution in [0.4, 0.5) is 0 Å². The molecule has 0 saturated heterocycles. The van der Waals surface area contributed by atoms with Gasteiger partial charge in [0.05, 0.1) is 10.4 Å². The van der Waals surface area contributed by atoms with E-state index >= 15 is 0 Å². The van der Waals surface area contributed by atoms with Crippen LogP contribution in [0.2, 0.25) is 0 Å². The molecular weight excluding hydrogens is 406 g/mol. The van der Waals surface area contributed by atoms with Crippen LogP contribution in [0.3, 0.4) is 0 Å². The lowest BCUT2D eigenvalue weighted by Gasteiger charge is -2.21. The monoisotopic (exact) mass is 427 g/mol. The normalized spacial score (nSPS) is 12.7. The maximum atomic E-state index is 6.06. The second-order valence-electron chi connectivity index (χ2n) is 8.97. The third-order valence-electron chi connectivity index (χ3n) is 5.79. The summed E-state index contributed by atoms with van der Waals surface area (Å²) in [5.41, 5.74) is 4.68. The summed E-state index contributed by atoms with van der Waals surface area (Å²) in [4.78, 5) is 4.88. The predicted molar refractivity (Wildman–Crippen MR) is 131 cm³/mol. The number of aromatic nitrogens is 1. The summed E-state index contributed by atoms with van der Waals surface area (Å²) in [5, 5.41) is 7.10. The van der Waals surface area contributed by atoms with Gasteiger partial charge in [-0.05, 0) is 59.0 Å². The lowest BCUT2D eigenvalue weighted by Crippen LogP contribution is -2.11. The Morgan fingerprint density at radius 2 is 1.80 bits per heavy atom. The maximum absolute atomic E-state index is 6.06. The number of benzene rings is 2. The number of pyridine rings is 1. The van der Waals surface area contributed by atoms with Gasteiger partial charge >= 0.3 is 0 Å². The smallest absolute Gasteiger partial charge is 0.152 e. The Morgan fingerprint density at radius 1 is 0.933 bits per heavy atom. The maximum Gasteiger partial charge on any atom is 0.152 e. The molecule has 30 heavy (non-hydrogen) atoms. The molecule has 2 aromatic carbocycles. The minimum atomic E-state index is 0.0710. The number of fused-ring (bicyclic) bond motifs is 6. The molecule has 4 heteroatoms. The van der Waals surface area contributed by atoms with Crippen LogP contribution in [0.5, 0.6) is 0 Å². The van der Waals surface area contributed by atoms with Crippen LogP contribution in [0.1, 0.15) is 32.1 Å². The zero-order valence-electron chi connectivity index (χ0n) is 17.4. The molecule has 0 saturated carbocycles. The first-order chi connectivity index (χ1) is 14.4. The fourth-order valence-corrected chi connectivity index (χ4v) is 6.69. The highest BCUT2D eigenvalue weighted by atomic mass is 32.1. The molecule has 0 radical (unpaired) electrons. The average Bonchev–Trinajstić information content (AvgIpc) is 3.40. The third-order valence-corrected chi connectivity index (χ3v) is 7.92. The Balaban J connectivity index is 1.72. The van der Waals surface area contributed by atoms with Crippen molar-refractivity contribution >= 4 is 63.9 Å². The Kier molecular flexibility index (Phi) is 3.72. The summed E-state index contributed by atoms with van der Waals surface area (Å²) in [6.07, 6.45) is 1.94. The van der Waals surface area contributed by atoms with Crippen molar-refractivity contribution in [1.82, 2.24) is 4.98 Å². The molecule has 0 bridgehead atoms. The Bertz CT molecular complexity index is 1590. The summed E-state index contributed by atoms with van der Waals surface area (Å²) >= 11 is 3.62. The number of hydrogen-bond acceptors (Lipinski definition) is 4. The van der Waals surface area contributed by atoms with Gasteiger partial charge in [-0.2, -0.15) is 0 Å². The summed E-state index contributed by atoms with van der Waals surface area (Å²) < 4.78 is 9.89. The molecule has 0 fully saturated rings. The molecule has 0 unspecified atom stereocenters. The second-order valence-corrected chi connectivity index (χ2v) is 10.9. The first-order valence-electron chi connectivity index (χ1n) is 10.1. The zero-order valence-corrected chi connectivity index (χ0v) is 19.0. The van der Waals surface area contributed by atoms with Gasteiger partial charge in [0.1, 0.15) is 5.76 Å². The van der Waals surface area contributed by atoms with E-state index in [4.69, 9.17) is 9.40 Å². The zero-order chi connectivity index (χ0) is 20.6. The van der Waals surface area contributed by atoms with E-state index in [0.717, 1.165) is 22.4 Å². The Labute approximate surface area is 182 Å². The molecule has 4 aromatic heterocycles. The molecule has 0 atom stereocenters. The van der Waals surface area contributed by atoms with Crippen LogP contribution in [-0.4, -0.2) is 4.98 Å². The van der Waals surface area contributed by atoms with Crippen molar-refractivity contribution in [3.63, 3.8) is 0 Å². The van der Waals surface area contributed by atoms with Gasteiger partial charge in [-0.3, -0.25) is 4.98 Å². The molecule has 4 heterocycles. The van der Waals surface area contributed by atoms with Crippen LogP contribution < -0.4 is 0 Å². The van der Waals surface area contributed by atoms with E-state index in [1.165, 1.54) is 41.4 Å². The van der Waals surface area contributed by atoms with Crippen LogP contribution in [-0.2, 0) is 5.41 Å². The van der Waals surface area contributed by atoms with E-state index in [1.54, 1.807) is 11.3 Å². The van der Waals surface area contributed by atoms with E-state index in [2.05, 4.69) is 68.6 Å². The molecule has 0 amide bonds. The van der Waals surface area contributed by atoms with Crippen molar-refractivity contribution < 1.29 is 4.42 Å². The highest BCUT2D eigenvalue weighted by Gasteiger charge is 2.21. The van der Waals surface area contributed by atoms with Gasteiger partial charge in [-0.15, -0.1) is 22.7 Å². The molecule has 0 N–H and O–H groups in total. The van der Waals surface area contributed by atoms with Crippen molar-refractivity contribution in [3.05, 3.63) is 65.4 Å². The van der Waals surface area contributed by atoms with Gasteiger partial charge in [-0.1, -0.05) is 32.9 Å². The predicted octanol–water partition coefficient (Wildman–Crippen LogP) is 8.68. The number of rotatable bonds is 1. The number of hydrogen-bond donors (Lipinski definition) is 0. The Hall–Kier alpha value is -2.69. The molecule has 0 aliphatic rings. The number of thiophene rings is 2. The largest absolute Gasteiger partial charge is 0.460 e. The van der Waals surface area contributed by atoms with Gasteiger partial charge < -0.3 is 4.42 Å². The minimum Gasteiger partial charge on any atom is -0.460 e. The second kappa shape index (κ2) is 6.16. The van der Waals surface area contributed by atoms with Gasteiger partial charge in [0.15, 0.2) is 5.58 Å². The quantitative estimate of drug-likeness (QED) is 0.262. The van der Waals surface area contributed by atoms with Gasteiger partial charge in [-0.25, -0.2) is 0 Å². The van der Waals surface area contributed by atoms with Crippen LogP contribution in [0.25, 0.3) is 52.5 Å². The standard InChI is InChI=1S/C26H21NOS2/c1-14-11-15-5-6-18-21-20(30-25(18)23(15)28-14)7-9-27-22(21)17-12-16-8-10-29-24(16)19(13-17)26(2,3)4/h5-13H,1-4H3. The van der Waals surface area contributed by atoms with Gasteiger partial charge in [0.2, 0.25) is 0 Å². The summed E-state index contributed by atoms with van der Waals surface area (Å²) in [6, 6.07) is 15.5. The van der Waals surface area contributed by atoms with E-state index in [9.17, 15) is 0 Å². The van der Waals surface area contributed by atoms with Gasteiger partial charge in [0.25, 0.3) is 0 Å². The van der Waals surface area contributed by atoms with E-state index in [1.807, 2.05) is 24.5 Å². The molecule has 0 aliphatic carbocycles. The minimum absolute atomic E-state index is 0.0710. The fraction of sp³-hybridized carbons (Fsp3) is 0.192. The highest BCUT2D eigenvalue weighted by Crippen LogP contribution is 2.44. The lowest BCUT2D eigenvalue weighted by molar-refractivity contribution is 0.582. The summed E-state index contributed by atoms with van der Waals surface area (Å²) in [6.45, 7) is 8.87. The number of furan rings is 1. The first kappa shape index (κ1) is 18.1. The number of aryl methyl sites for hydroxylation is 1. The van der Waals surface area contributed by atoms with Crippen LogP contribution in [0.15, 0.2) is 58.5 Å². The molecule has 6 rings (SSSR count). The molecular formula is C26H21NOS2. The molecule has 2 nitrogen and oxygen atoms in total. The van der Waals surface area contributed by atoms with Crippen molar-refractivity contribution in [1.29, 1.82) is 0 Å². The third kappa shape index (κ3) is 2.57. The van der Waals surface area contributed by atoms with Crippen molar-refractivity contribution in [2.75, 3.05) is 0 Å². The fourth-order valence-electron chi connectivity index (χ4n) is 4.40.